The van der Waals surface area contributed by atoms with Gasteiger partial charge in [-0.2, -0.15) is 0 Å². The minimum Gasteiger partial charge on any atom is -0.353 e. The molecule has 2 aliphatic heterocycles. The summed E-state index contributed by atoms with van der Waals surface area (Å²) in [5, 5.41) is 3.18. The molecule has 2 heterocycles. The van der Waals surface area contributed by atoms with Crippen molar-refractivity contribution in [3.63, 3.8) is 0 Å². The molecule has 2 aliphatic rings. The van der Waals surface area contributed by atoms with Gasteiger partial charge in [-0.1, -0.05) is 42.5 Å². The summed E-state index contributed by atoms with van der Waals surface area (Å²) in [6, 6.07) is 17.0. The zero-order valence-corrected chi connectivity index (χ0v) is 15.9. The molecule has 4 rings (SSSR count). The van der Waals surface area contributed by atoms with E-state index in [1.807, 2.05) is 42.5 Å². The molecule has 2 fully saturated rings. The first-order valence-electron chi connectivity index (χ1n) is 10.0. The normalized spacial score (nSPS) is 23.6. The number of likely N-dealkylation sites (tertiary alicyclic amines) is 1. The number of nitrogens with zero attached hydrogens (tertiary/aromatic N) is 1. The van der Waals surface area contributed by atoms with Gasteiger partial charge in [0.25, 0.3) is 0 Å². The van der Waals surface area contributed by atoms with Crippen LogP contribution in [0.15, 0.2) is 54.6 Å². The van der Waals surface area contributed by atoms with Crippen LogP contribution in [0.2, 0.25) is 0 Å². The molecule has 3 N–H and O–H groups in total. The molecule has 2 aromatic carbocycles. The summed E-state index contributed by atoms with van der Waals surface area (Å²) in [6.45, 7) is 1.90. The molecular weight excluding hydrogens is 355 g/mol. The fraction of sp³-hybridized carbons (Fsp3) is 0.409. The summed E-state index contributed by atoms with van der Waals surface area (Å²) in [7, 11) is 0. The van der Waals surface area contributed by atoms with Gasteiger partial charge in [-0.05, 0) is 42.5 Å². The van der Waals surface area contributed by atoms with Crippen molar-refractivity contribution < 1.29 is 9.18 Å². The van der Waals surface area contributed by atoms with E-state index in [0.29, 0.717) is 6.42 Å². The summed E-state index contributed by atoms with van der Waals surface area (Å²) in [5.74, 6) is -0.107. The number of benzene rings is 2. The van der Waals surface area contributed by atoms with Crippen molar-refractivity contribution >= 4 is 5.91 Å². The quantitative estimate of drug-likeness (QED) is 0.744. The van der Waals surface area contributed by atoms with E-state index >= 15 is 0 Å². The SMILES string of the molecule is O=C(Cc1ccccc1)NC1CCN(C2CC(c3ccc(F)cc3)NN2)CC1. The molecule has 0 spiro atoms. The monoisotopic (exact) mass is 382 g/mol. The number of rotatable bonds is 5. The van der Waals surface area contributed by atoms with Crippen LogP contribution in [0.25, 0.3) is 0 Å². The van der Waals surface area contributed by atoms with Crippen molar-refractivity contribution in [2.75, 3.05) is 13.1 Å². The highest BCUT2D eigenvalue weighted by Crippen LogP contribution is 2.25. The molecule has 1 amide bonds. The van der Waals surface area contributed by atoms with E-state index in [9.17, 15) is 9.18 Å². The van der Waals surface area contributed by atoms with Crippen LogP contribution in [-0.2, 0) is 11.2 Å². The Morgan fingerprint density at radius 1 is 1.04 bits per heavy atom. The Morgan fingerprint density at radius 2 is 1.75 bits per heavy atom. The number of hydrogen-bond acceptors (Lipinski definition) is 4. The van der Waals surface area contributed by atoms with Crippen LogP contribution in [0.5, 0.6) is 0 Å². The molecule has 5 nitrogen and oxygen atoms in total. The minimum absolute atomic E-state index is 0.0988. The maximum atomic E-state index is 13.1. The third-order valence-corrected chi connectivity index (χ3v) is 5.70. The van der Waals surface area contributed by atoms with Crippen LogP contribution in [0.1, 0.15) is 36.4 Å². The molecule has 0 aromatic heterocycles. The van der Waals surface area contributed by atoms with Gasteiger partial charge in [0.2, 0.25) is 5.91 Å². The molecule has 0 radical (unpaired) electrons. The van der Waals surface area contributed by atoms with Gasteiger partial charge in [-0.3, -0.25) is 9.69 Å². The lowest BCUT2D eigenvalue weighted by atomic mass is 10.0. The van der Waals surface area contributed by atoms with E-state index in [2.05, 4.69) is 21.1 Å². The van der Waals surface area contributed by atoms with Gasteiger partial charge in [0, 0.05) is 25.2 Å². The maximum absolute atomic E-state index is 13.1. The van der Waals surface area contributed by atoms with Crippen LogP contribution in [0.3, 0.4) is 0 Å². The Kier molecular flexibility index (Phi) is 6.00. The fourth-order valence-electron chi connectivity index (χ4n) is 4.11. The number of piperidine rings is 1. The van der Waals surface area contributed by atoms with Gasteiger partial charge in [0.1, 0.15) is 5.82 Å². The second-order valence-corrected chi connectivity index (χ2v) is 7.68. The molecule has 0 saturated carbocycles. The molecule has 0 aliphatic carbocycles. The van der Waals surface area contributed by atoms with Crippen molar-refractivity contribution in [2.24, 2.45) is 0 Å². The molecule has 0 bridgehead atoms. The van der Waals surface area contributed by atoms with E-state index in [1.165, 1.54) is 12.1 Å². The Balaban J connectivity index is 1.22. The lowest BCUT2D eigenvalue weighted by molar-refractivity contribution is -0.121. The van der Waals surface area contributed by atoms with Crippen LogP contribution < -0.4 is 16.2 Å². The average molecular weight is 382 g/mol. The lowest BCUT2D eigenvalue weighted by Crippen LogP contribution is -2.51. The Labute approximate surface area is 165 Å². The van der Waals surface area contributed by atoms with Gasteiger partial charge in [0.15, 0.2) is 0 Å². The first kappa shape index (κ1) is 19.1. The maximum Gasteiger partial charge on any atom is 0.224 e. The largest absolute Gasteiger partial charge is 0.353 e. The zero-order valence-electron chi connectivity index (χ0n) is 15.9. The van der Waals surface area contributed by atoms with Crippen LogP contribution in [-0.4, -0.2) is 36.1 Å². The molecular formula is C22H27FN4O. The summed E-state index contributed by atoms with van der Waals surface area (Å²) < 4.78 is 13.1. The van der Waals surface area contributed by atoms with Crippen molar-refractivity contribution in [1.82, 2.24) is 21.1 Å². The van der Waals surface area contributed by atoms with Crippen LogP contribution in [0.4, 0.5) is 4.39 Å². The first-order valence-corrected chi connectivity index (χ1v) is 10.0. The topological polar surface area (TPSA) is 56.4 Å². The Morgan fingerprint density at radius 3 is 2.46 bits per heavy atom. The number of hydrazine groups is 1. The van der Waals surface area contributed by atoms with Gasteiger partial charge in [-0.15, -0.1) is 0 Å². The molecule has 2 atom stereocenters. The highest BCUT2D eigenvalue weighted by atomic mass is 19.1. The second kappa shape index (κ2) is 8.82. The van der Waals surface area contributed by atoms with Gasteiger partial charge >= 0.3 is 0 Å². The summed E-state index contributed by atoms with van der Waals surface area (Å²) in [6.07, 6.45) is 3.56. The molecule has 2 unspecified atom stereocenters. The molecule has 148 valence electrons. The van der Waals surface area contributed by atoms with E-state index in [4.69, 9.17) is 0 Å². The van der Waals surface area contributed by atoms with Gasteiger partial charge in [-0.25, -0.2) is 15.2 Å². The number of halogens is 1. The Hall–Kier alpha value is -2.28. The predicted octanol–water partition coefficient (Wildman–Crippen LogP) is 2.51. The number of carbonyl (C=O) groups is 1. The molecule has 6 heteroatoms. The average Bonchev–Trinajstić information content (AvgIpc) is 3.20. The van der Waals surface area contributed by atoms with Crippen molar-refractivity contribution in [3.8, 4) is 0 Å². The van der Waals surface area contributed by atoms with E-state index < -0.39 is 0 Å². The van der Waals surface area contributed by atoms with Crippen LogP contribution in [0, 0.1) is 5.82 Å². The molecule has 2 aromatic rings. The first-order chi connectivity index (χ1) is 13.7. The number of carbonyl (C=O) groups excluding carboxylic acids is 1. The zero-order chi connectivity index (χ0) is 19.3. The van der Waals surface area contributed by atoms with Crippen LogP contribution >= 0.6 is 0 Å². The number of amides is 1. The summed E-state index contributed by atoms with van der Waals surface area (Å²) in [5.41, 5.74) is 8.84. The highest BCUT2D eigenvalue weighted by Gasteiger charge is 2.32. The van der Waals surface area contributed by atoms with E-state index in [1.54, 1.807) is 0 Å². The Bertz CT molecular complexity index is 775. The molecule has 2 saturated heterocycles. The lowest BCUT2D eigenvalue weighted by Gasteiger charge is -2.35. The second-order valence-electron chi connectivity index (χ2n) is 7.68. The fourth-order valence-corrected chi connectivity index (χ4v) is 4.11. The number of nitrogens with one attached hydrogen (secondary N) is 3. The predicted molar refractivity (Wildman–Crippen MR) is 107 cm³/mol. The smallest absolute Gasteiger partial charge is 0.224 e. The highest BCUT2D eigenvalue weighted by molar-refractivity contribution is 5.78. The van der Waals surface area contributed by atoms with E-state index in [-0.39, 0.29) is 30.0 Å². The third kappa shape index (κ3) is 4.76. The summed E-state index contributed by atoms with van der Waals surface area (Å²) >= 11 is 0. The number of hydrogen-bond donors (Lipinski definition) is 3. The summed E-state index contributed by atoms with van der Waals surface area (Å²) in [4.78, 5) is 14.7. The van der Waals surface area contributed by atoms with E-state index in [0.717, 1.165) is 43.5 Å². The minimum atomic E-state index is -0.206. The van der Waals surface area contributed by atoms with Gasteiger partial charge in [0.05, 0.1) is 12.6 Å². The van der Waals surface area contributed by atoms with Gasteiger partial charge < -0.3 is 5.32 Å². The van der Waals surface area contributed by atoms with Crippen molar-refractivity contribution in [1.29, 1.82) is 0 Å². The third-order valence-electron chi connectivity index (χ3n) is 5.70. The molecule has 28 heavy (non-hydrogen) atoms. The van der Waals surface area contributed by atoms with Crippen molar-refractivity contribution in [2.45, 2.75) is 43.9 Å². The van der Waals surface area contributed by atoms with Crippen molar-refractivity contribution in [3.05, 3.63) is 71.5 Å². The standard InChI is InChI=1S/C22H27FN4O/c23-18-8-6-17(7-9-18)20-15-21(26-25-20)27-12-10-19(11-13-27)24-22(28)14-16-4-2-1-3-5-16/h1-9,19-21,25-26H,10-15H2,(H,24,28).